The molecule has 0 aliphatic heterocycles. The minimum Gasteiger partial charge on any atom is -0.504 e. The molecule has 46 heavy (non-hydrogen) atoms. The molecular formula is C39H44O7. The van der Waals surface area contributed by atoms with Crippen molar-refractivity contribution in [1.82, 2.24) is 0 Å². The first-order chi connectivity index (χ1) is 22.3. The molecule has 3 N–H and O–H groups in total. The number of phenolic OH excluding ortho intramolecular Hbond substituents is 3. The molecular weight excluding hydrogens is 580 g/mol. The molecule has 0 amide bonds. The standard InChI is InChI=1S/C39H44O7/c1-2-3-4-5-6-7-8-9-10-11-12-13-14-15-16-17-18-19-39(45)46-38-27-23-32(29-37(38)44)21-25-34(41)30-33(40)24-20-31-22-26-35(42)36(43)28-31/h3-4,6-7,9-10,12-13,15-16,20-29,42-44H,2,5,8,11,14,17-19,30H2,1H3. The van der Waals surface area contributed by atoms with Crippen LogP contribution in [0.15, 0.2) is 109 Å². The van der Waals surface area contributed by atoms with Gasteiger partial charge in [0.2, 0.25) is 0 Å². The minimum absolute atomic E-state index is 0.0314. The van der Waals surface area contributed by atoms with Crippen molar-refractivity contribution in [2.45, 2.75) is 64.7 Å². The fourth-order valence-electron chi connectivity index (χ4n) is 3.94. The minimum atomic E-state index is -0.449. The van der Waals surface area contributed by atoms with Gasteiger partial charge < -0.3 is 20.1 Å². The lowest BCUT2D eigenvalue weighted by Crippen LogP contribution is -2.07. The van der Waals surface area contributed by atoms with Crippen LogP contribution >= 0.6 is 0 Å². The van der Waals surface area contributed by atoms with Crippen LogP contribution in [0.1, 0.15) is 75.8 Å². The highest BCUT2D eigenvalue weighted by molar-refractivity contribution is 6.10. The van der Waals surface area contributed by atoms with Crippen molar-refractivity contribution in [3.05, 3.63) is 120 Å². The smallest absolute Gasteiger partial charge is 0.311 e. The summed E-state index contributed by atoms with van der Waals surface area (Å²) in [4.78, 5) is 36.4. The lowest BCUT2D eigenvalue weighted by atomic mass is 10.1. The summed E-state index contributed by atoms with van der Waals surface area (Å²) >= 11 is 0. The Morgan fingerprint density at radius 1 is 0.630 bits per heavy atom. The summed E-state index contributed by atoms with van der Waals surface area (Å²) < 4.78 is 5.27. The number of ether oxygens (including phenoxy) is 1. The van der Waals surface area contributed by atoms with E-state index in [1.165, 1.54) is 54.6 Å². The zero-order valence-electron chi connectivity index (χ0n) is 26.4. The molecule has 0 aliphatic rings. The highest BCUT2D eigenvalue weighted by Gasteiger charge is 2.10. The lowest BCUT2D eigenvalue weighted by Gasteiger charge is -2.06. The Hall–Kier alpha value is -5.17. The van der Waals surface area contributed by atoms with E-state index >= 15 is 0 Å². The van der Waals surface area contributed by atoms with Crippen LogP contribution in [0.5, 0.6) is 23.0 Å². The van der Waals surface area contributed by atoms with Crippen LogP contribution in [0.3, 0.4) is 0 Å². The van der Waals surface area contributed by atoms with E-state index in [2.05, 4.69) is 61.6 Å². The highest BCUT2D eigenvalue weighted by atomic mass is 16.5. The molecule has 0 atom stereocenters. The number of esters is 1. The fourth-order valence-corrected chi connectivity index (χ4v) is 3.94. The van der Waals surface area contributed by atoms with E-state index in [-0.39, 0.29) is 35.8 Å². The van der Waals surface area contributed by atoms with Crippen molar-refractivity contribution in [2.75, 3.05) is 0 Å². The quantitative estimate of drug-likeness (QED) is 0.0256. The molecule has 0 fully saturated rings. The van der Waals surface area contributed by atoms with Gasteiger partial charge in [0, 0.05) is 6.42 Å². The third kappa shape index (κ3) is 16.6. The van der Waals surface area contributed by atoms with E-state index in [9.17, 15) is 29.7 Å². The van der Waals surface area contributed by atoms with Gasteiger partial charge in [-0.2, -0.15) is 0 Å². The van der Waals surface area contributed by atoms with Gasteiger partial charge >= 0.3 is 5.97 Å². The second-order valence-electron chi connectivity index (χ2n) is 10.3. The Labute approximate surface area is 271 Å². The Kier molecular flexibility index (Phi) is 18.0. The van der Waals surface area contributed by atoms with Crippen LogP contribution in [0.25, 0.3) is 12.2 Å². The van der Waals surface area contributed by atoms with Crippen LogP contribution in [-0.2, 0) is 14.4 Å². The number of aromatic hydroxyl groups is 3. The first kappa shape index (κ1) is 37.0. The monoisotopic (exact) mass is 624 g/mol. The summed E-state index contributed by atoms with van der Waals surface area (Å²) in [6.07, 6.45) is 32.7. The predicted octanol–water partition coefficient (Wildman–Crippen LogP) is 8.89. The van der Waals surface area contributed by atoms with E-state index in [4.69, 9.17) is 4.74 Å². The van der Waals surface area contributed by atoms with Crippen LogP contribution in [-0.4, -0.2) is 32.9 Å². The molecule has 7 heteroatoms. The largest absolute Gasteiger partial charge is 0.504 e. The number of rotatable bonds is 20. The van der Waals surface area contributed by atoms with Crippen LogP contribution in [0, 0.1) is 0 Å². The molecule has 0 heterocycles. The molecule has 0 saturated heterocycles. The SMILES string of the molecule is CCC=CCC=CCC=CCC=CCC=CCCCC(=O)Oc1ccc(C=CC(=O)CC(=O)C=Cc2ccc(O)c(O)c2)cc1O. The Morgan fingerprint density at radius 3 is 1.65 bits per heavy atom. The molecule has 0 spiro atoms. The molecule has 0 saturated carbocycles. The lowest BCUT2D eigenvalue weighted by molar-refractivity contribution is -0.134. The number of ketones is 2. The molecule has 2 rings (SSSR count). The molecule has 0 aromatic heterocycles. The first-order valence-corrected chi connectivity index (χ1v) is 15.5. The van der Waals surface area contributed by atoms with Crippen molar-refractivity contribution in [2.24, 2.45) is 0 Å². The number of allylic oxidation sites excluding steroid dienone is 12. The summed E-state index contributed by atoms with van der Waals surface area (Å²) in [5.74, 6) is -2.11. The summed E-state index contributed by atoms with van der Waals surface area (Å²) in [5.41, 5.74) is 0.986. The van der Waals surface area contributed by atoms with Crippen molar-refractivity contribution in [1.29, 1.82) is 0 Å². The van der Waals surface area contributed by atoms with Crippen molar-refractivity contribution in [3.8, 4) is 23.0 Å². The zero-order valence-corrected chi connectivity index (χ0v) is 26.4. The fraction of sp³-hybridized carbons (Fsp3) is 0.256. The van der Waals surface area contributed by atoms with Crippen LogP contribution < -0.4 is 4.74 Å². The number of carbonyl (C=O) groups is 3. The normalized spacial score (nSPS) is 12.3. The second-order valence-corrected chi connectivity index (χ2v) is 10.3. The number of unbranched alkanes of at least 4 members (excludes halogenated alkanes) is 1. The number of benzene rings is 2. The molecule has 2 aromatic rings. The number of phenols is 3. The van der Waals surface area contributed by atoms with Gasteiger partial charge in [-0.1, -0.05) is 92.0 Å². The molecule has 2 aromatic carbocycles. The van der Waals surface area contributed by atoms with E-state index in [1.807, 2.05) is 6.08 Å². The van der Waals surface area contributed by atoms with E-state index < -0.39 is 17.5 Å². The zero-order chi connectivity index (χ0) is 33.4. The van der Waals surface area contributed by atoms with Gasteiger partial charge in [0.15, 0.2) is 34.6 Å². The first-order valence-electron chi connectivity index (χ1n) is 15.5. The molecule has 0 bridgehead atoms. The maximum absolute atomic E-state index is 12.2. The maximum atomic E-state index is 12.2. The Morgan fingerprint density at radius 2 is 1.13 bits per heavy atom. The summed E-state index contributed by atoms with van der Waals surface area (Å²) in [7, 11) is 0. The molecule has 0 aliphatic carbocycles. The summed E-state index contributed by atoms with van der Waals surface area (Å²) in [5, 5.41) is 29.1. The Bertz CT molecular complexity index is 1490. The number of hydrogen-bond donors (Lipinski definition) is 3. The van der Waals surface area contributed by atoms with E-state index in [1.54, 1.807) is 6.07 Å². The van der Waals surface area contributed by atoms with E-state index in [0.717, 1.165) is 38.5 Å². The van der Waals surface area contributed by atoms with Crippen molar-refractivity contribution < 1.29 is 34.4 Å². The van der Waals surface area contributed by atoms with Gasteiger partial charge in [0.1, 0.15) is 0 Å². The third-order valence-electron chi connectivity index (χ3n) is 6.39. The average Bonchev–Trinajstić information content (AvgIpc) is 3.03. The van der Waals surface area contributed by atoms with Crippen LogP contribution in [0.4, 0.5) is 0 Å². The topological polar surface area (TPSA) is 121 Å². The third-order valence-corrected chi connectivity index (χ3v) is 6.39. The molecule has 0 unspecified atom stereocenters. The van der Waals surface area contributed by atoms with E-state index in [0.29, 0.717) is 17.5 Å². The van der Waals surface area contributed by atoms with Gasteiger partial charge in [-0.3, -0.25) is 14.4 Å². The van der Waals surface area contributed by atoms with Gasteiger partial charge in [-0.15, -0.1) is 0 Å². The van der Waals surface area contributed by atoms with Gasteiger partial charge in [0.05, 0.1) is 6.42 Å². The maximum Gasteiger partial charge on any atom is 0.311 e. The molecule has 7 nitrogen and oxygen atoms in total. The molecule has 242 valence electrons. The number of hydrogen-bond acceptors (Lipinski definition) is 7. The second kappa shape index (κ2) is 22.4. The number of carbonyl (C=O) groups excluding carboxylic acids is 3. The van der Waals surface area contributed by atoms with Crippen molar-refractivity contribution >= 4 is 29.7 Å². The van der Waals surface area contributed by atoms with Gasteiger partial charge in [-0.05, 0) is 92.5 Å². The Balaban J connectivity index is 1.64. The average molecular weight is 625 g/mol. The predicted molar refractivity (Wildman–Crippen MR) is 185 cm³/mol. The van der Waals surface area contributed by atoms with Crippen molar-refractivity contribution in [3.63, 3.8) is 0 Å². The van der Waals surface area contributed by atoms with Gasteiger partial charge in [0.25, 0.3) is 0 Å². The van der Waals surface area contributed by atoms with Gasteiger partial charge in [-0.25, -0.2) is 0 Å². The van der Waals surface area contributed by atoms with Crippen LogP contribution in [0.2, 0.25) is 0 Å². The summed E-state index contributed by atoms with van der Waals surface area (Å²) in [6.45, 7) is 2.13. The molecule has 0 radical (unpaired) electrons. The highest BCUT2D eigenvalue weighted by Crippen LogP contribution is 2.28. The summed E-state index contributed by atoms with van der Waals surface area (Å²) in [6, 6.07) is 8.50.